The van der Waals surface area contributed by atoms with E-state index in [2.05, 4.69) is 15.9 Å². The van der Waals surface area contributed by atoms with Crippen LogP contribution in [0.25, 0.3) is 0 Å². The highest BCUT2D eigenvalue weighted by atomic mass is 79.9. The quantitative estimate of drug-likeness (QED) is 0.772. The van der Waals surface area contributed by atoms with Crippen LogP contribution in [0, 0.1) is 0 Å². The molecule has 14 heavy (non-hydrogen) atoms. The zero-order valence-corrected chi connectivity index (χ0v) is 9.32. The molecule has 1 heterocycles. The summed E-state index contributed by atoms with van der Waals surface area (Å²) in [6.07, 6.45) is -0.389. The third kappa shape index (κ3) is 1.75. The SMILES string of the molecule is CN1C[C@@H](c2cccc(Br)c2)OC1=O. The van der Waals surface area contributed by atoms with Crippen LogP contribution in [0.4, 0.5) is 4.79 Å². The number of carbonyl (C=O) groups excluding carboxylic acids is 1. The van der Waals surface area contributed by atoms with Crippen molar-refractivity contribution in [2.45, 2.75) is 6.10 Å². The molecule has 74 valence electrons. The Balaban J connectivity index is 2.21. The Hall–Kier alpha value is -1.03. The fourth-order valence-electron chi connectivity index (χ4n) is 1.45. The molecule has 1 saturated heterocycles. The van der Waals surface area contributed by atoms with Crippen molar-refractivity contribution >= 4 is 22.0 Å². The molecule has 1 aliphatic rings. The number of halogens is 1. The largest absolute Gasteiger partial charge is 0.439 e. The van der Waals surface area contributed by atoms with Gasteiger partial charge in [0.1, 0.15) is 6.10 Å². The van der Waals surface area contributed by atoms with E-state index in [1.165, 1.54) is 0 Å². The lowest BCUT2D eigenvalue weighted by atomic mass is 10.1. The first kappa shape index (κ1) is 9.52. The van der Waals surface area contributed by atoms with E-state index in [-0.39, 0.29) is 12.2 Å². The molecule has 1 atom stereocenters. The minimum absolute atomic E-state index is 0.134. The number of hydrogen-bond donors (Lipinski definition) is 0. The summed E-state index contributed by atoms with van der Waals surface area (Å²) in [7, 11) is 1.74. The Morgan fingerprint density at radius 1 is 1.57 bits per heavy atom. The van der Waals surface area contributed by atoms with Gasteiger partial charge in [-0.15, -0.1) is 0 Å². The first-order chi connectivity index (χ1) is 6.66. The van der Waals surface area contributed by atoms with Crippen molar-refractivity contribution in [3.8, 4) is 0 Å². The molecule has 0 spiro atoms. The maximum Gasteiger partial charge on any atom is 0.410 e. The van der Waals surface area contributed by atoms with Gasteiger partial charge in [-0.3, -0.25) is 0 Å². The van der Waals surface area contributed by atoms with Crippen LogP contribution in [-0.2, 0) is 4.74 Å². The average Bonchev–Trinajstić information content (AvgIpc) is 2.47. The second kappa shape index (κ2) is 3.61. The van der Waals surface area contributed by atoms with Crippen LogP contribution in [0.3, 0.4) is 0 Å². The molecule has 0 unspecified atom stereocenters. The Morgan fingerprint density at radius 3 is 2.93 bits per heavy atom. The molecule has 1 fully saturated rings. The molecule has 1 amide bonds. The Morgan fingerprint density at radius 2 is 2.36 bits per heavy atom. The van der Waals surface area contributed by atoms with Crippen LogP contribution in [0.5, 0.6) is 0 Å². The second-order valence-electron chi connectivity index (χ2n) is 3.31. The molecular formula is C10H10BrNO2. The summed E-state index contributed by atoms with van der Waals surface area (Å²) >= 11 is 3.39. The summed E-state index contributed by atoms with van der Waals surface area (Å²) in [5.74, 6) is 0. The van der Waals surface area contributed by atoms with Crippen molar-refractivity contribution < 1.29 is 9.53 Å². The van der Waals surface area contributed by atoms with Gasteiger partial charge in [-0.1, -0.05) is 28.1 Å². The molecule has 0 aromatic heterocycles. The number of likely N-dealkylation sites (N-methyl/N-ethyl adjacent to an activating group) is 1. The van der Waals surface area contributed by atoms with Gasteiger partial charge in [-0.05, 0) is 17.7 Å². The number of benzene rings is 1. The van der Waals surface area contributed by atoms with Crippen LogP contribution in [-0.4, -0.2) is 24.6 Å². The minimum atomic E-state index is -0.255. The van der Waals surface area contributed by atoms with Crippen molar-refractivity contribution in [1.29, 1.82) is 0 Å². The molecule has 2 rings (SSSR count). The van der Waals surface area contributed by atoms with Crippen molar-refractivity contribution in [3.63, 3.8) is 0 Å². The second-order valence-corrected chi connectivity index (χ2v) is 4.22. The van der Waals surface area contributed by atoms with Crippen LogP contribution >= 0.6 is 15.9 Å². The molecule has 0 radical (unpaired) electrons. The molecule has 0 bridgehead atoms. The van der Waals surface area contributed by atoms with Gasteiger partial charge >= 0.3 is 6.09 Å². The first-order valence-corrected chi connectivity index (χ1v) is 5.13. The molecule has 1 aliphatic heterocycles. The van der Waals surface area contributed by atoms with Gasteiger partial charge in [-0.25, -0.2) is 4.79 Å². The fourth-order valence-corrected chi connectivity index (χ4v) is 1.87. The number of rotatable bonds is 1. The van der Waals surface area contributed by atoms with Gasteiger partial charge in [-0.2, -0.15) is 0 Å². The van der Waals surface area contributed by atoms with E-state index >= 15 is 0 Å². The third-order valence-corrected chi connectivity index (χ3v) is 2.71. The van der Waals surface area contributed by atoms with Gasteiger partial charge < -0.3 is 9.64 Å². The third-order valence-electron chi connectivity index (χ3n) is 2.21. The van der Waals surface area contributed by atoms with Gasteiger partial charge in [0, 0.05) is 11.5 Å². The van der Waals surface area contributed by atoms with Gasteiger partial charge in [0.25, 0.3) is 0 Å². The Bertz CT molecular complexity index is 367. The number of cyclic esters (lactones) is 1. The molecule has 3 nitrogen and oxygen atoms in total. The number of carbonyl (C=O) groups is 1. The monoisotopic (exact) mass is 255 g/mol. The molecule has 0 saturated carbocycles. The number of ether oxygens (including phenoxy) is 1. The Labute approximate surface area is 90.8 Å². The predicted molar refractivity (Wildman–Crippen MR) is 56.0 cm³/mol. The van der Waals surface area contributed by atoms with Crippen LogP contribution in [0.15, 0.2) is 28.7 Å². The normalized spacial score (nSPS) is 21.1. The minimum Gasteiger partial charge on any atom is -0.439 e. The summed E-state index contributed by atoms with van der Waals surface area (Å²) in [5, 5.41) is 0. The van der Waals surface area contributed by atoms with E-state index in [1.807, 2.05) is 24.3 Å². The summed E-state index contributed by atoms with van der Waals surface area (Å²) in [6, 6.07) is 7.81. The van der Waals surface area contributed by atoms with Gasteiger partial charge in [0.15, 0.2) is 0 Å². The van der Waals surface area contributed by atoms with Crippen molar-refractivity contribution in [2.24, 2.45) is 0 Å². The van der Waals surface area contributed by atoms with E-state index in [9.17, 15) is 4.79 Å². The van der Waals surface area contributed by atoms with Gasteiger partial charge in [0.2, 0.25) is 0 Å². The zero-order valence-electron chi connectivity index (χ0n) is 7.74. The lowest BCUT2D eigenvalue weighted by Gasteiger charge is -2.08. The van der Waals surface area contributed by atoms with E-state index in [1.54, 1.807) is 11.9 Å². The molecule has 4 heteroatoms. The smallest absolute Gasteiger partial charge is 0.410 e. The highest BCUT2D eigenvalue weighted by Crippen LogP contribution is 2.26. The van der Waals surface area contributed by atoms with E-state index < -0.39 is 0 Å². The van der Waals surface area contributed by atoms with Crippen LogP contribution in [0.2, 0.25) is 0 Å². The first-order valence-electron chi connectivity index (χ1n) is 4.34. The summed E-state index contributed by atoms with van der Waals surface area (Å²) in [5.41, 5.74) is 1.03. The highest BCUT2D eigenvalue weighted by Gasteiger charge is 2.29. The fraction of sp³-hybridized carbons (Fsp3) is 0.300. The maximum atomic E-state index is 11.1. The lowest BCUT2D eigenvalue weighted by Crippen LogP contribution is -2.17. The van der Waals surface area contributed by atoms with Crippen molar-refractivity contribution in [1.82, 2.24) is 4.90 Å². The molecular weight excluding hydrogens is 246 g/mol. The van der Waals surface area contributed by atoms with Crippen molar-refractivity contribution in [3.05, 3.63) is 34.3 Å². The molecule has 0 aliphatic carbocycles. The van der Waals surface area contributed by atoms with Crippen LogP contribution in [0.1, 0.15) is 11.7 Å². The number of nitrogens with zero attached hydrogens (tertiary/aromatic N) is 1. The average molecular weight is 256 g/mol. The zero-order chi connectivity index (χ0) is 10.1. The number of hydrogen-bond acceptors (Lipinski definition) is 2. The Kier molecular flexibility index (Phi) is 2.46. The summed E-state index contributed by atoms with van der Waals surface area (Å²) < 4.78 is 6.18. The van der Waals surface area contributed by atoms with Crippen LogP contribution < -0.4 is 0 Å². The predicted octanol–water partition coefficient (Wildman–Crippen LogP) is 2.57. The van der Waals surface area contributed by atoms with E-state index in [0.717, 1.165) is 10.0 Å². The lowest BCUT2D eigenvalue weighted by molar-refractivity contribution is 0.135. The molecule has 0 N–H and O–H groups in total. The number of amides is 1. The molecule has 1 aromatic rings. The molecule has 1 aromatic carbocycles. The highest BCUT2D eigenvalue weighted by molar-refractivity contribution is 9.10. The van der Waals surface area contributed by atoms with E-state index in [4.69, 9.17) is 4.74 Å². The summed E-state index contributed by atoms with van der Waals surface area (Å²) in [4.78, 5) is 12.7. The van der Waals surface area contributed by atoms with E-state index in [0.29, 0.717) is 6.54 Å². The topological polar surface area (TPSA) is 29.5 Å². The van der Waals surface area contributed by atoms with Crippen molar-refractivity contribution in [2.75, 3.05) is 13.6 Å². The standard InChI is InChI=1S/C10H10BrNO2/c1-12-6-9(14-10(12)13)7-3-2-4-8(11)5-7/h2-5,9H,6H2,1H3/t9-/m0/s1. The van der Waals surface area contributed by atoms with Gasteiger partial charge in [0.05, 0.1) is 6.54 Å². The maximum absolute atomic E-state index is 11.1. The summed E-state index contributed by atoms with van der Waals surface area (Å²) in [6.45, 7) is 0.620.